The number of aryl methyl sites for hydroxylation is 1. The van der Waals surface area contributed by atoms with Crippen molar-refractivity contribution in [3.8, 4) is 17.0 Å². The first kappa shape index (κ1) is 34.3. The first-order valence-electron chi connectivity index (χ1n) is 14.2. The smallest absolute Gasteiger partial charge is 0.421 e. The maximum absolute atomic E-state index is 14.0. The Morgan fingerprint density at radius 3 is 2.54 bits per heavy atom. The Morgan fingerprint density at radius 2 is 1.89 bits per heavy atom. The second kappa shape index (κ2) is 15.2. The zero-order chi connectivity index (χ0) is 33.4. The summed E-state index contributed by atoms with van der Waals surface area (Å²) in [7, 11) is 0.0384. The van der Waals surface area contributed by atoms with E-state index in [0.717, 1.165) is 5.56 Å². The Hall–Kier alpha value is -4.53. The van der Waals surface area contributed by atoms with Crippen molar-refractivity contribution in [1.82, 2.24) is 30.0 Å². The van der Waals surface area contributed by atoms with Gasteiger partial charge in [-0.1, -0.05) is 13.0 Å². The van der Waals surface area contributed by atoms with E-state index in [0.29, 0.717) is 54.7 Å². The van der Waals surface area contributed by atoms with Gasteiger partial charge >= 0.3 is 6.18 Å². The molecular formula is C29H34F3N8O5P. The molecule has 0 saturated heterocycles. The molecule has 4 aromatic rings. The fourth-order valence-electron chi connectivity index (χ4n) is 4.51. The summed E-state index contributed by atoms with van der Waals surface area (Å²) in [5, 5.41) is 21.2. The van der Waals surface area contributed by atoms with Crippen LogP contribution in [0, 0.1) is 0 Å². The van der Waals surface area contributed by atoms with Gasteiger partial charge in [-0.25, -0.2) is 9.97 Å². The van der Waals surface area contributed by atoms with Crippen molar-refractivity contribution in [1.29, 1.82) is 0 Å². The Labute approximate surface area is 263 Å². The average Bonchev–Trinajstić information content (AvgIpc) is 3.51. The van der Waals surface area contributed by atoms with Crippen LogP contribution in [-0.2, 0) is 23.7 Å². The highest BCUT2D eigenvalue weighted by Gasteiger charge is 2.36. The number of aliphatic hydroxyl groups excluding tert-OH is 1. The summed E-state index contributed by atoms with van der Waals surface area (Å²) < 4.78 is 60.8. The Bertz CT molecular complexity index is 1700. The summed E-state index contributed by atoms with van der Waals surface area (Å²) in [6.07, 6.45) is 0.340. The van der Waals surface area contributed by atoms with Crippen molar-refractivity contribution >= 4 is 37.1 Å². The molecule has 0 aliphatic rings. The predicted molar refractivity (Wildman–Crippen MR) is 166 cm³/mol. The molecule has 0 bridgehead atoms. The van der Waals surface area contributed by atoms with Crippen molar-refractivity contribution < 1.29 is 37.3 Å². The van der Waals surface area contributed by atoms with E-state index < -0.39 is 37.2 Å². The number of anilines is 4. The van der Waals surface area contributed by atoms with Crippen LogP contribution < -0.4 is 20.7 Å². The Morgan fingerprint density at radius 1 is 1.13 bits per heavy atom. The maximum atomic E-state index is 14.0. The zero-order valence-corrected chi connectivity index (χ0v) is 26.2. The third-order valence-corrected chi connectivity index (χ3v) is 8.31. The number of aliphatic hydroxyl groups is 1. The molecule has 1 aromatic carbocycles. The van der Waals surface area contributed by atoms with Gasteiger partial charge in [0.2, 0.25) is 5.95 Å². The van der Waals surface area contributed by atoms with Crippen molar-refractivity contribution in [2.45, 2.75) is 44.6 Å². The monoisotopic (exact) mass is 662 g/mol. The third kappa shape index (κ3) is 8.38. The van der Waals surface area contributed by atoms with Gasteiger partial charge in [-0.05, 0) is 49.1 Å². The van der Waals surface area contributed by atoms with Crippen LogP contribution in [0.2, 0.25) is 0 Å². The number of nitrogens with zero attached hydrogens (tertiary/aromatic N) is 5. The van der Waals surface area contributed by atoms with Crippen LogP contribution in [-0.4, -0.2) is 67.1 Å². The lowest BCUT2D eigenvalue weighted by molar-refractivity contribution is -0.137. The van der Waals surface area contributed by atoms with Crippen molar-refractivity contribution in [3.05, 3.63) is 65.7 Å². The first-order chi connectivity index (χ1) is 22.0. The quantitative estimate of drug-likeness (QED) is 0.118. The molecule has 0 aliphatic heterocycles. The Kier molecular flexibility index (Phi) is 11.3. The normalized spacial score (nSPS) is 12.8. The molecule has 0 radical (unpaired) electrons. The molecule has 1 amide bonds. The number of hydrogen-bond acceptors (Lipinski definition) is 10. The van der Waals surface area contributed by atoms with E-state index in [1.165, 1.54) is 32.5 Å². The highest BCUT2D eigenvalue weighted by molar-refractivity contribution is 7.38. The predicted octanol–water partition coefficient (Wildman–Crippen LogP) is 4.78. The van der Waals surface area contributed by atoms with Crippen molar-refractivity contribution in [2.24, 2.45) is 0 Å². The molecule has 0 spiro atoms. The van der Waals surface area contributed by atoms with E-state index in [1.807, 2.05) is 6.92 Å². The second-order valence-corrected chi connectivity index (χ2v) is 11.6. The minimum atomic E-state index is -4.84. The SMILES string of the molecule is CCC(Cc1ccc(Nc2ncc(C(F)(F)F)c(Nc3ccc(-c4cnn(CCCO)c4)nc3C(=O)NC)n2)c(OC)c1)[PH](=O)O. The number of halogens is 3. The standard InChI is InChI=1S/C29H34F3N8O5P/c1-4-19(46(43)44)12-17-6-7-22(24(13-17)45-3)38-28-34-15-20(29(30,31)32)26(39-28)37-23-9-8-21(36-25(23)27(42)33-2)18-14-35-40(16-18)10-5-11-41/h6-9,13-16,19,41,46H,4-5,10-12H2,1-3H3,(H,33,42)(H,43,44)(H2,34,37,38,39). The molecule has 17 heteroatoms. The fourth-order valence-corrected chi connectivity index (χ4v) is 5.27. The summed E-state index contributed by atoms with van der Waals surface area (Å²) in [5.41, 5.74) is 0.202. The molecule has 246 valence electrons. The van der Waals surface area contributed by atoms with Gasteiger partial charge in [0.25, 0.3) is 5.91 Å². The fraction of sp³-hybridized carbons (Fsp3) is 0.345. The molecule has 0 aliphatic carbocycles. The molecule has 3 aromatic heterocycles. The number of alkyl halides is 3. The zero-order valence-electron chi connectivity index (χ0n) is 25.2. The van der Waals surface area contributed by atoms with Crippen molar-refractivity contribution in [2.75, 3.05) is 31.4 Å². The van der Waals surface area contributed by atoms with Crippen LogP contribution in [0.25, 0.3) is 11.3 Å². The minimum Gasteiger partial charge on any atom is -0.495 e. The number of pyridine rings is 1. The van der Waals surface area contributed by atoms with Gasteiger partial charge in [-0.3, -0.25) is 14.0 Å². The number of benzene rings is 1. The molecule has 2 atom stereocenters. The molecule has 46 heavy (non-hydrogen) atoms. The summed E-state index contributed by atoms with van der Waals surface area (Å²) in [6, 6.07) is 7.93. The molecule has 3 heterocycles. The molecule has 0 saturated carbocycles. The number of carbonyl (C=O) groups is 1. The lowest BCUT2D eigenvalue weighted by atomic mass is 10.1. The number of carbonyl (C=O) groups excluding carboxylic acids is 1. The van der Waals surface area contributed by atoms with E-state index >= 15 is 0 Å². The summed E-state index contributed by atoms with van der Waals surface area (Å²) >= 11 is 0. The van der Waals surface area contributed by atoms with Crippen LogP contribution >= 0.6 is 8.03 Å². The summed E-state index contributed by atoms with van der Waals surface area (Å²) in [5.74, 6) is -1.16. The summed E-state index contributed by atoms with van der Waals surface area (Å²) in [6.45, 7) is 2.28. The second-order valence-electron chi connectivity index (χ2n) is 10.1. The molecule has 2 unspecified atom stereocenters. The number of amides is 1. The van der Waals surface area contributed by atoms with Gasteiger partial charge in [0.15, 0.2) is 13.7 Å². The molecule has 13 nitrogen and oxygen atoms in total. The Balaban J connectivity index is 1.67. The molecule has 0 fully saturated rings. The number of hydrogen-bond donors (Lipinski definition) is 5. The number of aromatic nitrogens is 5. The van der Waals surface area contributed by atoms with E-state index in [4.69, 9.17) is 9.84 Å². The van der Waals surface area contributed by atoms with Gasteiger partial charge in [0, 0.05) is 43.8 Å². The van der Waals surface area contributed by atoms with Gasteiger partial charge < -0.3 is 30.7 Å². The number of ether oxygens (including phenoxy) is 1. The maximum Gasteiger partial charge on any atom is 0.421 e. The molecule has 5 N–H and O–H groups in total. The number of rotatable bonds is 14. The average molecular weight is 663 g/mol. The van der Waals surface area contributed by atoms with E-state index in [-0.39, 0.29) is 23.9 Å². The van der Waals surface area contributed by atoms with Crippen LogP contribution in [0.5, 0.6) is 5.75 Å². The highest BCUT2D eigenvalue weighted by Crippen LogP contribution is 2.37. The summed E-state index contributed by atoms with van der Waals surface area (Å²) in [4.78, 5) is 34.7. The topological polar surface area (TPSA) is 176 Å². The number of methoxy groups -OCH3 is 1. The van der Waals surface area contributed by atoms with Crippen LogP contribution in [0.1, 0.15) is 41.4 Å². The number of nitrogens with one attached hydrogen (secondary N) is 3. The van der Waals surface area contributed by atoms with Gasteiger partial charge in [-0.2, -0.15) is 23.3 Å². The van der Waals surface area contributed by atoms with Crippen LogP contribution in [0.4, 0.5) is 36.3 Å². The van der Waals surface area contributed by atoms with Gasteiger partial charge in [0.05, 0.1) is 30.4 Å². The minimum absolute atomic E-state index is 0.00971. The van der Waals surface area contributed by atoms with Crippen LogP contribution in [0.3, 0.4) is 0 Å². The third-order valence-electron chi connectivity index (χ3n) is 7.00. The lowest BCUT2D eigenvalue weighted by Crippen LogP contribution is -2.21. The largest absolute Gasteiger partial charge is 0.495 e. The molecular weight excluding hydrogens is 628 g/mol. The molecule has 4 rings (SSSR count). The van der Waals surface area contributed by atoms with Crippen LogP contribution in [0.15, 0.2) is 48.9 Å². The highest BCUT2D eigenvalue weighted by atomic mass is 31.1. The van der Waals surface area contributed by atoms with E-state index in [2.05, 4.69) is 36.0 Å². The lowest BCUT2D eigenvalue weighted by Gasteiger charge is -2.17. The van der Waals surface area contributed by atoms with Gasteiger partial charge in [-0.15, -0.1) is 0 Å². The van der Waals surface area contributed by atoms with E-state index in [1.54, 1.807) is 29.1 Å². The van der Waals surface area contributed by atoms with Crippen molar-refractivity contribution in [3.63, 3.8) is 0 Å². The van der Waals surface area contributed by atoms with Gasteiger partial charge in [0.1, 0.15) is 17.1 Å². The first-order valence-corrected chi connectivity index (χ1v) is 15.6. The van der Waals surface area contributed by atoms with E-state index in [9.17, 15) is 27.4 Å².